The van der Waals surface area contributed by atoms with Gasteiger partial charge in [0, 0.05) is 7.05 Å². The van der Waals surface area contributed by atoms with Gasteiger partial charge < -0.3 is 5.32 Å². The lowest BCUT2D eigenvalue weighted by Gasteiger charge is -2.19. The van der Waals surface area contributed by atoms with Gasteiger partial charge in [0.25, 0.3) is 0 Å². The summed E-state index contributed by atoms with van der Waals surface area (Å²) in [6, 6.07) is 15.9. The molecular weight excluding hydrogens is 324 g/mol. The Morgan fingerprint density at radius 1 is 1.08 bits per heavy atom. The van der Waals surface area contributed by atoms with Crippen molar-refractivity contribution in [1.82, 2.24) is 9.62 Å². The fourth-order valence-electron chi connectivity index (χ4n) is 2.29. The number of likely N-dealkylation sites (N-methyl/N-ethyl adjacent to an activating group) is 1. The minimum atomic E-state index is -3.68. The van der Waals surface area contributed by atoms with E-state index in [1.165, 1.54) is 7.05 Å². The highest BCUT2D eigenvalue weighted by Gasteiger charge is 2.23. The molecule has 2 aromatic rings. The molecule has 0 aromatic heterocycles. The van der Waals surface area contributed by atoms with Gasteiger partial charge in [-0.25, -0.2) is 8.42 Å². The van der Waals surface area contributed by atoms with E-state index in [9.17, 15) is 13.2 Å². The molecule has 6 heteroatoms. The van der Waals surface area contributed by atoms with Crippen molar-refractivity contribution >= 4 is 15.9 Å². The minimum Gasteiger partial charge on any atom is -0.348 e. The summed E-state index contributed by atoms with van der Waals surface area (Å²) < 4.78 is 26.0. The topological polar surface area (TPSA) is 66.5 Å². The van der Waals surface area contributed by atoms with Gasteiger partial charge in [0.2, 0.25) is 15.9 Å². The van der Waals surface area contributed by atoms with Gasteiger partial charge in [0.1, 0.15) is 0 Å². The van der Waals surface area contributed by atoms with Gasteiger partial charge in [0.15, 0.2) is 0 Å². The van der Waals surface area contributed by atoms with Crippen molar-refractivity contribution < 1.29 is 13.2 Å². The number of amides is 1. The van der Waals surface area contributed by atoms with Gasteiger partial charge in [0.05, 0.1) is 17.5 Å². The number of hydrogen-bond donors (Lipinski definition) is 1. The summed E-state index contributed by atoms with van der Waals surface area (Å²) in [5, 5.41) is 2.81. The number of sulfonamides is 1. The van der Waals surface area contributed by atoms with Crippen molar-refractivity contribution in [3.8, 4) is 0 Å². The molecule has 0 aliphatic carbocycles. The van der Waals surface area contributed by atoms with Crippen LogP contribution in [-0.2, 0) is 14.8 Å². The predicted molar refractivity (Wildman–Crippen MR) is 94.0 cm³/mol. The van der Waals surface area contributed by atoms with Crippen LogP contribution < -0.4 is 5.32 Å². The largest absolute Gasteiger partial charge is 0.348 e. The Kier molecular flexibility index (Phi) is 5.75. The third-order valence-corrected chi connectivity index (χ3v) is 5.59. The van der Waals surface area contributed by atoms with Gasteiger partial charge in [-0.05, 0) is 31.5 Å². The SMILES string of the molecule is Cc1ccc(S(=O)(=O)N(C)CC(=O)N[C@H](C)c2ccccc2)cc1. The lowest BCUT2D eigenvalue weighted by atomic mass is 10.1. The van der Waals surface area contributed by atoms with Gasteiger partial charge in [-0.2, -0.15) is 4.31 Å². The smallest absolute Gasteiger partial charge is 0.243 e. The Morgan fingerprint density at radius 2 is 1.67 bits per heavy atom. The van der Waals surface area contributed by atoms with Crippen LogP contribution in [0.1, 0.15) is 24.1 Å². The Labute approximate surface area is 143 Å². The van der Waals surface area contributed by atoms with Crippen LogP contribution in [0.15, 0.2) is 59.5 Å². The van der Waals surface area contributed by atoms with E-state index in [4.69, 9.17) is 0 Å². The zero-order chi connectivity index (χ0) is 17.7. The first-order valence-electron chi connectivity index (χ1n) is 7.68. The average molecular weight is 346 g/mol. The number of nitrogens with zero attached hydrogens (tertiary/aromatic N) is 1. The average Bonchev–Trinajstić information content (AvgIpc) is 2.55. The molecule has 0 unspecified atom stereocenters. The molecule has 24 heavy (non-hydrogen) atoms. The minimum absolute atomic E-state index is 0.180. The monoisotopic (exact) mass is 346 g/mol. The molecule has 0 radical (unpaired) electrons. The Morgan fingerprint density at radius 3 is 2.25 bits per heavy atom. The molecule has 2 rings (SSSR count). The number of hydrogen-bond acceptors (Lipinski definition) is 3. The number of benzene rings is 2. The first-order valence-corrected chi connectivity index (χ1v) is 9.12. The Hall–Kier alpha value is -2.18. The van der Waals surface area contributed by atoms with E-state index in [2.05, 4.69) is 5.32 Å². The van der Waals surface area contributed by atoms with E-state index < -0.39 is 10.0 Å². The zero-order valence-electron chi connectivity index (χ0n) is 14.1. The molecule has 0 aliphatic heterocycles. The number of carbonyl (C=O) groups is 1. The van der Waals surface area contributed by atoms with E-state index in [0.29, 0.717) is 0 Å². The molecule has 5 nitrogen and oxygen atoms in total. The molecule has 2 aromatic carbocycles. The van der Waals surface area contributed by atoms with E-state index in [1.807, 2.05) is 44.2 Å². The summed E-state index contributed by atoms with van der Waals surface area (Å²) in [5.74, 6) is -0.343. The molecule has 0 fully saturated rings. The molecule has 128 valence electrons. The number of carbonyl (C=O) groups excluding carboxylic acids is 1. The van der Waals surface area contributed by atoms with Gasteiger partial charge >= 0.3 is 0 Å². The first-order chi connectivity index (χ1) is 11.3. The van der Waals surface area contributed by atoms with E-state index in [0.717, 1.165) is 15.4 Å². The van der Waals surface area contributed by atoms with Crippen molar-refractivity contribution in [2.24, 2.45) is 0 Å². The molecule has 0 aliphatic rings. The molecule has 0 saturated heterocycles. The van der Waals surface area contributed by atoms with Crippen LogP contribution in [0, 0.1) is 6.92 Å². The van der Waals surface area contributed by atoms with E-state index in [-0.39, 0.29) is 23.4 Å². The molecule has 0 saturated carbocycles. The van der Waals surface area contributed by atoms with Crippen molar-refractivity contribution in [2.45, 2.75) is 24.8 Å². The summed E-state index contributed by atoms with van der Waals surface area (Å²) >= 11 is 0. The van der Waals surface area contributed by atoms with Gasteiger partial charge in [-0.15, -0.1) is 0 Å². The maximum atomic E-state index is 12.5. The maximum absolute atomic E-state index is 12.5. The lowest BCUT2D eigenvalue weighted by molar-refractivity contribution is -0.121. The van der Waals surface area contributed by atoms with Crippen LogP contribution in [-0.4, -0.2) is 32.2 Å². The summed E-state index contributed by atoms with van der Waals surface area (Å²) in [6.45, 7) is 3.52. The quantitative estimate of drug-likeness (QED) is 0.874. The molecule has 1 atom stereocenters. The molecule has 0 bridgehead atoms. The highest BCUT2D eigenvalue weighted by Crippen LogP contribution is 2.15. The highest BCUT2D eigenvalue weighted by atomic mass is 32.2. The molecule has 0 heterocycles. The first kappa shape index (κ1) is 18.2. The normalized spacial score (nSPS) is 12.8. The third kappa shape index (κ3) is 4.43. The maximum Gasteiger partial charge on any atom is 0.243 e. The Balaban J connectivity index is 2.01. The van der Waals surface area contributed by atoms with E-state index >= 15 is 0 Å². The number of nitrogens with one attached hydrogen (secondary N) is 1. The summed E-state index contributed by atoms with van der Waals surface area (Å²) in [6.07, 6.45) is 0. The fraction of sp³-hybridized carbons (Fsp3) is 0.278. The summed E-state index contributed by atoms with van der Waals surface area (Å²) in [4.78, 5) is 12.3. The Bertz CT molecular complexity index is 787. The van der Waals surface area contributed by atoms with Crippen LogP contribution in [0.3, 0.4) is 0 Å². The third-order valence-electron chi connectivity index (χ3n) is 3.77. The zero-order valence-corrected chi connectivity index (χ0v) is 14.9. The van der Waals surface area contributed by atoms with Gasteiger partial charge in [-0.1, -0.05) is 48.0 Å². The van der Waals surface area contributed by atoms with Crippen LogP contribution in [0.5, 0.6) is 0 Å². The second kappa shape index (κ2) is 7.59. The summed E-state index contributed by atoms with van der Waals surface area (Å²) in [5.41, 5.74) is 1.95. The second-order valence-electron chi connectivity index (χ2n) is 5.77. The number of rotatable bonds is 6. The molecule has 1 N–H and O–H groups in total. The van der Waals surface area contributed by atoms with Crippen LogP contribution >= 0.6 is 0 Å². The van der Waals surface area contributed by atoms with Crippen molar-refractivity contribution in [3.05, 3.63) is 65.7 Å². The molecule has 0 spiro atoms. The lowest BCUT2D eigenvalue weighted by Crippen LogP contribution is -2.39. The van der Waals surface area contributed by atoms with Crippen molar-refractivity contribution in [1.29, 1.82) is 0 Å². The van der Waals surface area contributed by atoms with Crippen LogP contribution in [0.2, 0.25) is 0 Å². The highest BCUT2D eigenvalue weighted by molar-refractivity contribution is 7.89. The van der Waals surface area contributed by atoms with Gasteiger partial charge in [-0.3, -0.25) is 4.79 Å². The van der Waals surface area contributed by atoms with Crippen LogP contribution in [0.25, 0.3) is 0 Å². The van der Waals surface area contributed by atoms with E-state index in [1.54, 1.807) is 24.3 Å². The van der Waals surface area contributed by atoms with Crippen molar-refractivity contribution in [2.75, 3.05) is 13.6 Å². The summed E-state index contributed by atoms with van der Waals surface area (Å²) in [7, 11) is -2.27. The fourth-order valence-corrected chi connectivity index (χ4v) is 3.42. The second-order valence-corrected chi connectivity index (χ2v) is 7.82. The van der Waals surface area contributed by atoms with Crippen molar-refractivity contribution in [3.63, 3.8) is 0 Å². The van der Waals surface area contributed by atoms with Crippen LogP contribution in [0.4, 0.5) is 0 Å². The molecular formula is C18H22N2O3S. The molecule has 1 amide bonds. The standard InChI is InChI=1S/C18H22N2O3S/c1-14-9-11-17(12-10-14)24(22,23)20(3)13-18(21)19-15(2)16-7-5-4-6-8-16/h4-12,15H,13H2,1-3H3,(H,19,21)/t15-/m1/s1. The number of aryl methyl sites for hydroxylation is 1. The predicted octanol–water partition coefficient (Wildman–Crippen LogP) is 2.49.